The Morgan fingerprint density at radius 1 is 1.20 bits per heavy atom. The lowest BCUT2D eigenvalue weighted by atomic mass is 9.97. The number of carbonyl (C=O) groups excluding carboxylic acids is 3. The first-order valence-corrected chi connectivity index (χ1v) is 6.23. The molecular weight excluding hydrogens is 262 g/mol. The summed E-state index contributed by atoms with van der Waals surface area (Å²) in [6.45, 7) is 3.58. The van der Waals surface area contributed by atoms with Crippen LogP contribution in [-0.2, 0) is 19.1 Å². The highest BCUT2D eigenvalue weighted by Gasteiger charge is 2.31. The molecule has 0 unspecified atom stereocenters. The number of nitrogen functional groups attached to an aromatic ring is 1. The Labute approximate surface area is 116 Å². The molecule has 0 radical (unpaired) electrons. The number of hydrogen-bond donors (Lipinski definition) is 1. The predicted octanol–water partition coefficient (Wildman–Crippen LogP) is 1.29. The van der Waals surface area contributed by atoms with Crippen molar-refractivity contribution in [2.24, 2.45) is 0 Å². The lowest BCUT2D eigenvalue weighted by Crippen LogP contribution is -2.26. The monoisotopic (exact) mass is 279 g/mol. The first-order chi connectivity index (χ1) is 9.54. The molecule has 2 N–H and O–H groups in total. The maximum Gasteiger partial charge on any atom is 0.324 e. The van der Waals surface area contributed by atoms with Gasteiger partial charge in [0.1, 0.15) is 0 Å². The van der Waals surface area contributed by atoms with Gasteiger partial charge in [-0.15, -0.1) is 0 Å². The largest absolute Gasteiger partial charge is 0.465 e. The number of carbonyl (C=O) groups is 3. The van der Waals surface area contributed by atoms with E-state index in [4.69, 9.17) is 15.2 Å². The number of benzene rings is 1. The fraction of sp³-hybridized carbons (Fsp3) is 0.357. The fourth-order valence-electron chi connectivity index (χ4n) is 1.70. The third-order valence-electron chi connectivity index (χ3n) is 2.62. The number of hydrogen-bond acceptors (Lipinski definition) is 6. The number of anilines is 1. The summed E-state index contributed by atoms with van der Waals surface area (Å²) in [5.74, 6) is -2.61. The van der Waals surface area contributed by atoms with Crippen molar-refractivity contribution in [2.45, 2.75) is 19.8 Å². The first kappa shape index (κ1) is 15.7. The van der Waals surface area contributed by atoms with E-state index in [0.29, 0.717) is 17.4 Å². The van der Waals surface area contributed by atoms with E-state index in [-0.39, 0.29) is 18.9 Å². The average Bonchev–Trinajstić information content (AvgIpc) is 2.40. The molecule has 20 heavy (non-hydrogen) atoms. The highest BCUT2D eigenvalue weighted by atomic mass is 16.6. The zero-order chi connectivity index (χ0) is 15.1. The second-order valence-electron chi connectivity index (χ2n) is 3.94. The van der Waals surface area contributed by atoms with Crippen LogP contribution in [0.25, 0.3) is 0 Å². The van der Waals surface area contributed by atoms with Crippen LogP contribution >= 0.6 is 0 Å². The lowest BCUT2D eigenvalue weighted by molar-refractivity contribution is -0.156. The van der Waals surface area contributed by atoms with Crippen LogP contribution in [0.3, 0.4) is 0 Å². The molecule has 0 fully saturated rings. The van der Waals surface area contributed by atoms with Crippen LogP contribution in [0.2, 0.25) is 0 Å². The standard InChI is InChI=1S/C14H17NO5/c1-3-19-13(17)12(14(18)20-4-2)9-5-6-10(8-16)11(15)7-9/h5-8,12H,3-4,15H2,1-2H3. The summed E-state index contributed by atoms with van der Waals surface area (Å²) in [6, 6.07) is 4.34. The van der Waals surface area contributed by atoms with E-state index in [0.717, 1.165) is 0 Å². The normalized spacial score (nSPS) is 10.2. The summed E-state index contributed by atoms with van der Waals surface area (Å²) in [7, 11) is 0. The van der Waals surface area contributed by atoms with Crippen LogP contribution in [0.5, 0.6) is 0 Å². The maximum absolute atomic E-state index is 11.9. The van der Waals surface area contributed by atoms with Gasteiger partial charge in [-0.25, -0.2) is 0 Å². The van der Waals surface area contributed by atoms with E-state index >= 15 is 0 Å². The van der Waals surface area contributed by atoms with Gasteiger partial charge >= 0.3 is 11.9 Å². The Bertz CT molecular complexity index is 494. The van der Waals surface area contributed by atoms with Gasteiger partial charge in [0, 0.05) is 11.3 Å². The molecule has 0 saturated heterocycles. The van der Waals surface area contributed by atoms with Crippen LogP contribution < -0.4 is 5.73 Å². The third-order valence-corrected chi connectivity index (χ3v) is 2.62. The lowest BCUT2D eigenvalue weighted by Gasteiger charge is -2.15. The fourth-order valence-corrected chi connectivity index (χ4v) is 1.70. The minimum Gasteiger partial charge on any atom is -0.465 e. The summed E-state index contributed by atoms with van der Waals surface area (Å²) in [6.07, 6.45) is 0.600. The van der Waals surface area contributed by atoms with Gasteiger partial charge in [-0.3, -0.25) is 14.4 Å². The van der Waals surface area contributed by atoms with Gasteiger partial charge < -0.3 is 15.2 Å². The molecule has 0 saturated carbocycles. The molecule has 0 aromatic heterocycles. The molecule has 1 aromatic rings. The first-order valence-electron chi connectivity index (χ1n) is 6.23. The van der Waals surface area contributed by atoms with Gasteiger partial charge in [0.05, 0.1) is 13.2 Å². The Hall–Kier alpha value is -2.37. The molecule has 0 spiro atoms. The minimum absolute atomic E-state index is 0.149. The van der Waals surface area contributed by atoms with Crippen molar-refractivity contribution in [1.82, 2.24) is 0 Å². The van der Waals surface area contributed by atoms with Crippen molar-refractivity contribution in [1.29, 1.82) is 0 Å². The molecule has 0 atom stereocenters. The SMILES string of the molecule is CCOC(=O)C(C(=O)OCC)c1ccc(C=O)c(N)c1. The summed E-state index contributed by atoms with van der Waals surface area (Å²) in [5, 5.41) is 0. The summed E-state index contributed by atoms with van der Waals surface area (Å²) < 4.78 is 9.74. The number of ether oxygens (including phenoxy) is 2. The van der Waals surface area contributed by atoms with Crippen LogP contribution in [0.1, 0.15) is 35.7 Å². The second kappa shape index (κ2) is 7.28. The Kier molecular flexibility index (Phi) is 5.71. The second-order valence-corrected chi connectivity index (χ2v) is 3.94. The zero-order valence-corrected chi connectivity index (χ0v) is 11.4. The zero-order valence-electron chi connectivity index (χ0n) is 11.4. The van der Waals surface area contributed by atoms with Crippen molar-refractivity contribution >= 4 is 23.9 Å². The van der Waals surface area contributed by atoms with Gasteiger partial charge in [0.2, 0.25) is 0 Å². The Balaban J connectivity index is 3.15. The molecule has 1 rings (SSSR count). The third kappa shape index (κ3) is 3.57. The molecule has 0 aliphatic rings. The van der Waals surface area contributed by atoms with Crippen LogP contribution in [-0.4, -0.2) is 31.4 Å². The molecule has 6 heteroatoms. The quantitative estimate of drug-likeness (QED) is 0.365. The van der Waals surface area contributed by atoms with Crippen LogP contribution in [0, 0.1) is 0 Å². The molecule has 0 amide bonds. The van der Waals surface area contributed by atoms with E-state index in [1.54, 1.807) is 13.8 Å². The highest BCUT2D eigenvalue weighted by Crippen LogP contribution is 2.23. The minimum atomic E-state index is -1.20. The molecule has 6 nitrogen and oxygen atoms in total. The van der Waals surface area contributed by atoms with E-state index in [1.165, 1.54) is 18.2 Å². The summed E-state index contributed by atoms with van der Waals surface area (Å²) in [4.78, 5) is 34.5. The van der Waals surface area contributed by atoms with Gasteiger partial charge in [-0.1, -0.05) is 6.07 Å². The van der Waals surface area contributed by atoms with E-state index in [9.17, 15) is 14.4 Å². The van der Waals surface area contributed by atoms with Crippen LogP contribution in [0.15, 0.2) is 18.2 Å². The Morgan fingerprint density at radius 3 is 2.15 bits per heavy atom. The van der Waals surface area contributed by atoms with Gasteiger partial charge in [0.25, 0.3) is 0 Å². The van der Waals surface area contributed by atoms with Crippen molar-refractivity contribution in [3.8, 4) is 0 Å². The number of aldehydes is 1. The summed E-state index contributed by atoms with van der Waals surface area (Å²) >= 11 is 0. The molecule has 0 bridgehead atoms. The number of nitrogens with two attached hydrogens (primary N) is 1. The number of esters is 2. The average molecular weight is 279 g/mol. The molecule has 0 heterocycles. The van der Waals surface area contributed by atoms with Crippen LogP contribution in [0.4, 0.5) is 5.69 Å². The van der Waals surface area contributed by atoms with Crippen molar-refractivity contribution < 1.29 is 23.9 Å². The number of rotatable bonds is 6. The molecule has 0 aliphatic carbocycles. The smallest absolute Gasteiger partial charge is 0.324 e. The van der Waals surface area contributed by atoms with Gasteiger partial charge in [-0.05, 0) is 31.5 Å². The summed E-state index contributed by atoms with van der Waals surface area (Å²) in [5.41, 5.74) is 6.50. The van der Waals surface area contributed by atoms with E-state index in [2.05, 4.69) is 0 Å². The Morgan fingerprint density at radius 2 is 1.75 bits per heavy atom. The topological polar surface area (TPSA) is 95.7 Å². The molecule has 108 valence electrons. The highest BCUT2D eigenvalue weighted by molar-refractivity contribution is 6.01. The molecule has 1 aromatic carbocycles. The van der Waals surface area contributed by atoms with Gasteiger partial charge in [-0.2, -0.15) is 0 Å². The van der Waals surface area contributed by atoms with E-state index in [1.807, 2.05) is 0 Å². The maximum atomic E-state index is 11.9. The van der Waals surface area contributed by atoms with Crippen molar-refractivity contribution in [2.75, 3.05) is 18.9 Å². The van der Waals surface area contributed by atoms with E-state index < -0.39 is 17.9 Å². The van der Waals surface area contributed by atoms with Crippen molar-refractivity contribution in [3.05, 3.63) is 29.3 Å². The molecule has 0 aliphatic heterocycles. The molecular formula is C14H17NO5. The van der Waals surface area contributed by atoms with Gasteiger partial charge in [0.15, 0.2) is 12.2 Å². The predicted molar refractivity (Wildman–Crippen MR) is 72.2 cm³/mol. The van der Waals surface area contributed by atoms with Crippen molar-refractivity contribution in [3.63, 3.8) is 0 Å².